The van der Waals surface area contributed by atoms with Crippen molar-refractivity contribution < 1.29 is 23.8 Å². The Kier molecular flexibility index (Phi) is 5.82. The average molecular weight is 317 g/mol. The van der Waals surface area contributed by atoms with Crippen molar-refractivity contribution in [3.8, 4) is 17.2 Å². The number of rotatable bonds is 7. The zero-order valence-corrected chi connectivity index (χ0v) is 13.3. The summed E-state index contributed by atoms with van der Waals surface area (Å²) in [6.07, 6.45) is 0. The first-order valence-electron chi connectivity index (χ1n) is 6.96. The molecule has 0 radical (unpaired) electrons. The van der Waals surface area contributed by atoms with E-state index in [4.69, 9.17) is 19.0 Å². The van der Waals surface area contributed by atoms with E-state index in [2.05, 4.69) is 5.48 Å². The van der Waals surface area contributed by atoms with Crippen LogP contribution in [0.15, 0.2) is 42.5 Å². The molecule has 0 atom stereocenters. The molecule has 0 heterocycles. The lowest BCUT2D eigenvalue weighted by Crippen LogP contribution is -2.24. The number of hydrogen-bond acceptors (Lipinski definition) is 5. The number of nitrogens with one attached hydrogen (secondary N) is 1. The molecule has 1 N–H and O–H groups in total. The zero-order valence-electron chi connectivity index (χ0n) is 13.3. The molecule has 122 valence electrons. The summed E-state index contributed by atoms with van der Waals surface area (Å²) in [5.41, 5.74) is 3.64. The summed E-state index contributed by atoms with van der Waals surface area (Å²) in [5.74, 6) is 0.684. The normalized spacial score (nSPS) is 10.0. The molecule has 1 amide bonds. The van der Waals surface area contributed by atoms with Gasteiger partial charge in [0.15, 0.2) is 11.5 Å². The molecule has 0 saturated carbocycles. The van der Waals surface area contributed by atoms with Crippen LogP contribution in [-0.4, -0.2) is 27.2 Å². The Hall–Kier alpha value is -2.73. The molecule has 0 saturated heterocycles. The molecule has 0 fully saturated rings. The summed E-state index contributed by atoms with van der Waals surface area (Å²) >= 11 is 0. The third-order valence-corrected chi connectivity index (χ3v) is 3.20. The van der Waals surface area contributed by atoms with E-state index < -0.39 is 5.91 Å². The topological polar surface area (TPSA) is 66.0 Å². The lowest BCUT2D eigenvalue weighted by atomic mass is 10.1. The first kappa shape index (κ1) is 16.6. The van der Waals surface area contributed by atoms with E-state index in [0.717, 1.165) is 5.56 Å². The van der Waals surface area contributed by atoms with Crippen LogP contribution in [0, 0.1) is 0 Å². The smallest absolute Gasteiger partial charge is 0.278 e. The Morgan fingerprint density at radius 3 is 2.22 bits per heavy atom. The van der Waals surface area contributed by atoms with Crippen LogP contribution in [0.1, 0.15) is 15.9 Å². The third-order valence-electron chi connectivity index (χ3n) is 3.20. The number of hydrogen-bond donors (Lipinski definition) is 1. The predicted octanol–water partition coefficient (Wildman–Crippen LogP) is 2.57. The van der Waals surface area contributed by atoms with Crippen molar-refractivity contribution in [2.24, 2.45) is 0 Å². The first-order chi connectivity index (χ1) is 11.2. The van der Waals surface area contributed by atoms with Gasteiger partial charge in [0.2, 0.25) is 5.75 Å². The Balaban J connectivity index is 2.09. The van der Waals surface area contributed by atoms with E-state index >= 15 is 0 Å². The van der Waals surface area contributed by atoms with Gasteiger partial charge in [-0.2, -0.15) is 0 Å². The lowest BCUT2D eigenvalue weighted by molar-refractivity contribution is 0.0231. The molecule has 6 nitrogen and oxygen atoms in total. The van der Waals surface area contributed by atoms with Crippen LogP contribution in [0.4, 0.5) is 0 Å². The Morgan fingerprint density at radius 2 is 1.61 bits per heavy atom. The number of benzene rings is 2. The number of amides is 1. The van der Waals surface area contributed by atoms with Crippen molar-refractivity contribution >= 4 is 5.91 Å². The van der Waals surface area contributed by atoms with E-state index in [1.165, 1.54) is 21.3 Å². The second-order valence-corrected chi connectivity index (χ2v) is 4.59. The molecule has 2 rings (SSSR count). The molecule has 0 aliphatic carbocycles. The molecule has 0 aromatic heterocycles. The van der Waals surface area contributed by atoms with Crippen LogP contribution in [0.3, 0.4) is 0 Å². The highest BCUT2D eigenvalue weighted by molar-refractivity contribution is 5.97. The van der Waals surface area contributed by atoms with Gasteiger partial charge in [-0.1, -0.05) is 30.3 Å². The Labute approximate surface area is 134 Å². The van der Waals surface area contributed by atoms with E-state index in [-0.39, 0.29) is 12.4 Å². The summed E-state index contributed by atoms with van der Waals surface area (Å²) in [7, 11) is 4.45. The zero-order chi connectivity index (χ0) is 16.7. The predicted molar refractivity (Wildman–Crippen MR) is 84.8 cm³/mol. The summed E-state index contributed by atoms with van der Waals surface area (Å²) in [4.78, 5) is 17.5. The molecule has 6 heteroatoms. The second-order valence-electron chi connectivity index (χ2n) is 4.59. The number of methoxy groups -OCH3 is 3. The maximum absolute atomic E-state index is 12.3. The molecular formula is C17H19NO5. The van der Waals surface area contributed by atoms with Gasteiger partial charge in [0, 0.05) is 0 Å². The third kappa shape index (κ3) is 3.92. The highest BCUT2D eigenvalue weighted by Crippen LogP contribution is 2.39. The summed E-state index contributed by atoms with van der Waals surface area (Å²) < 4.78 is 15.7. The van der Waals surface area contributed by atoms with Crippen molar-refractivity contribution in [2.45, 2.75) is 6.61 Å². The van der Waals surface area contributed by atoms with Crippen molar-refractivity contribution in [1.29, 1.82) is 0 Å². The second kappa shape index (κ2) is 8.05. The van der Waals surface area contributed by atoms with Gasteiger partial charge >= 0.3 is 0 Å². The van der Waals surface area contributed by atoms with Gasteiger partial charge in [0.05, 0.1) is 33.5 Å². The van der Waals surface area contributed by atoms with Gasteiger partial charge in [-0.15, -0.1) is 0 Å². The number of hydroxylamine groups is 1. The molecule has 0 aliphatic heterocycles. The fourth-order valence-electron chi connectivity index (χ4n) is 2.09. The fourth-order valence-corrected chi connectivity index (χ4v) is 2.09. The standard InChI is InChI=1S/C17H19NO5/c1-20-14-10-9-13(15(21-2)16(14)22-3)17(19)18-23-11-12-7-5-4-6-8-12/h4-10H,11H2,1-3H3,(H,18,19). The van der Waals surface area contributed by atoms with Gasteiger partial charge in [0.25, 0.3) is 5.91 Å². The van der Waals surface area contributed by atoms with E-state index in [1.807, 2.05) is 30.3 Å². The van der Waals surface area contributed by atoms with Gasteiger partial charge in [-0.05, 0) is 17.7 Å². The SMILES string of the molecule is COc1ccc(C(=O)NOCc2ccccc2)c(OC)c1OC. The van der Waals surface area contributed by atoms with E-state index in [0.29, 0.717) is 17.1 Å². The lowest BCUT2D eigenvalue weighted by Gasteiger charge is -2.15. The molecule has 0 unspecified atom stereocenters. The minimum Gasteiger partial charge on any atom is -0.493 e. The summed E-state index contributed by atoms with van der Waals surface area (Å²) in [6.45, 7) is 0.266. The van der Waals surface area contributed by atoms with Gasteiger partial charge < -0.3 is 14.2 Å². The minimum atomic E-state index is -0.432. The number of carbonyl (C=O) groups is 1. The van der Waals surface area contributed by atoms with Crippen LogP contribution in [0.25, 0.3) is 0 Å². The fraction of sp³-hybridized carbons (Fsp3) is 0.235. The van der Waals surface area contributed by atoms with Crippen molar-refractivity contribution in [3.63, 3.8) is 0 Å². The molecule has 0 spiro atoms. The molecule has 2 aromatic rings. The van der Waals surface area contributed by atoms with Crippen LogP contribution in [0.2, 0.25) is 0 Å². The monoisotopic (exact) mass is 317 g/mol. The Bertz CT molecular complexity index is 658. The highest BCUT2D eigenvalue weighted by Gasteiger charge is 2.20. The van der Waals surface area contributed by atoms with E-state index in [9.17, 15) is 4.79 Å². The van der Waals surface area contributed by atoms with Crippen molar-refractivity contribution in [2.75, 3.05) is 21.3 Å². The van der Waals surface area contributed by atoms with Crippen molar-refractivity contribution in [1.82, 2.24) is 5.48 Å². The van der Waals surface area contributed by atoms with Gasteiger partial charge in [-0.3, -0.25) is 9.63 Å². The van der Waals surface area contributed by atoms with Gasteiger partial charge in [0.1, 0.15) is 0 Å². The molecular weight excluding hydrogens is 298 g/mol. The van der Waals surface area contributed by atoms with Crippen LogP contribution < -0.4 is 19.7 Å². The van der Waals surface area contributed by atoms with E-state index in [1.54, 1.807) is 12.1 Å². The van der Waals surface area contributed by atoms with Crippen LogP contribution in [0.5, 0.6) is 17.2 Å². The van der Waals surface area contributed by atoms with Crippen molar-refractivity contribution in [3.05, 3.63) is 53.6 Å². The summed E-state index contributed by atoms with van der Waals surface area (Å²) in [6, 6.07) is 12.7. The van der Waals surface area contributed by atoms with Crippen LogP contribution >= 0.6 is 0 Å². The largest absolute Gasteiger partial charge is 0.493 e. The molecule has 0 bridgehead atoms. The van der Waals surface area contributed by atoms with Gasteiger partial charge in [-0.25, -0.2) is 5.48 Å². The maximum Gasteiger partial charge on any atom is 0.278 e. The highest BCUT2D eigenvalue weighted by atomic mass is 16.7. The van der Waals surface area contributed by atoms with Crippen LogP contribution in [-0.2, 0) is 11.4 Å². The first-order valence-corrected chi connectivity index (χ1v) is 6.96. The molecule has 2 aromatic carbocycles. The molecule has 23 heavy (non-hydrogen) atoms. The number of carbonyl (C=O) groups excluding carboxylic acids is 1. The summed E-state index contributed by atoms with van der Waals surface area (Å²) in [5, 5.41) is 0. The number of ether oxygens (including phenoxy) is 3. The maximum atomic E-state index is 12.3. The molecule has 0 aliphatic rings. The average Bonchev–Trinajstić information content (AvgIpc) is 2.60. The Morgan fingerprint density at radius 1 is 0.913 bits per heavy atom. The minimum absolute atomic E-state index is 0.266. The quantitative estimate of drug-likeness (QED) is 0.795.